The van der Waals surface area contributed by atoms with Crippen LogP contribution in [0.25, 0.3) is 0 Å². The van der Waals surface area contributed by atoms with Crippen molar-refractivity contribution in [1.29, 1.82) is 0 Å². The van der Waals surface area contributed by atoms with Crippen LogP contribution in [0.15, 0.2) is 0 Å². The van der Waals surface area contributed by atoms with E-state index in [1.54, 1.807) is 6.92 Å². The summed E-state index contributed by atoms with van der Waals surface area (Å²) in [5.41, 5.74) is 0. The molecule has 0 bridgehead atoms. The summed E-state index contributed by atoms with van der Waals surface area (Å²) < 4.78 is 88.4. The second-order valence-electron chi connectivity index (χ2n) is 3.87. The van der Waals surface area contributed by atoms with E-state index >= 15 is 0 Å². The van der Waals surface area contributed by atoms with Crippen LogP contribution in [0.2, 0.25) is 6.04 Å². The van der Waals surface area contributed by atoms with E-state index < -0.39 is 34.4 Å². The summed E-state index contributed by atoms with van der Waals surface area (Å²) in [5, 5.41) is 0. The van der Waals surface area contributed by atoms with Gasteiger partial charge in [-0.15, -0.1) is 0 Å². The molecule has 0 amide bonds. The van der Waals surface area contributed by atoms with Gasteiger partial charge in [0.25, 0.3) is 0 Å². The van der Waals surface area contributed by atoms with Crippen molar-refractivity contribution < 1.29 is 39.6 Å². The Morgan fingerprint density at radius 2 is 1.60 bits per heavy atom. The fourth-order valence-electron chi connectivity index (χ4n) is 1.36. The number of rotatable bonds is 10. The third kappa shape index (κ3) is 5.98. The molecule has 1 unspecified atom stereocenters. The Morgan fingerprint density at radius 1 is 1.00 bits per heavy atom. The molecule has 0 fully saturated rings. The van der Waals surface area contributed by atoms with Gasteiger partial charge in [0.2, 0.25) is 0 Å². The van der Waals surface area contributed by atoms with Crippen LogP contribution in [-0.4, -0.2) is 41.0 Å². The number of unbranched alkanes of at least 4 members (excludes halogenated alkanes) is 1. The van der Waals surface area contributed by atoms with Crippen LogP contribution in [0.5, 0.6) is 0 Å². The van der Waals surface area contributed by atoms with Crippen LogP contribution < -0.4 is 0 Å². The minimum absolute atomic E-state index is 0.170. The van der Waals surface area contributed by atoms with Gasteiger partial charge in [-0.2, -0.15) is 22.0 Å². The molecule has 0 aliphatic rings. The van der Waals surface area contributed by atoms with Gasteiger partial charge in [0, 0.05) is 12.7 Å². The molecule has 10 heteroatoms. The molecule has 0 aliphatic carbocycles. The smallest absolute Gasteiger partial charge is 0.374 e. The zero-order valence-electron chi connectivity index (χ0n) is 11.2. The van der Waals surface area contributed by atoms with Gasteiger partial charge < -0.3 is 13.3 Å². The molecule has 3 nitrogen and oxygen atoms in total. The molecule has 0 radical (unpaired) electrons. The molecule has 0 saturated carbocycles. The Labute approximate surface area is 114 Å². The van der Waals surface area contributed by atoms with E-state index in [0.29, 0.717) is 6.42 Å². The summed E-state index contributed by atoms with van der Waals surface area (Å²) >= 11 is 0. The van der Waals surface area contributed by atoms with Gasteiger partial charge in [-0.3, -0.25) is 0 Å². The molecular formula is C10H18F6O3Si. The fourth-order valence-corrected chi connectivity index (χ4v) is 4.07. The summed E-state index contributed by atoms with van der Waals surface area (Å²) in [4.78, 5) is 0. The highest BCUT2D eigenvalue weighted by molar-refractivity contribution is 6.60. The highest BCUT2D eigenvalue weighted by atomic mass is 28.4. The second-order valence-corrected chi connectivity index (χ2v) is 6.52. The van der Waals surface area contributed by atoms with Crippen molar-refractivity contribution in [1.82, 2.24) is 0 Å². The van der Waals surface area contributed by atoms with E-state index in [-0.39, 0.29) is 19.1 Å². The summed E-state index contributed by atoms with van der Waals surface area (Å²) in [7, 11) is -4.29. The van der Waals surface area contributed by atoms with Gasteiger partial charge in [-0.25, -0.2) is 4.39 Å². The fraction of sp³-hybridized carbons (Fsp3) is 1.00. The highest BCUT2D eigenvalue weighted by Crippen LogP contribution is 2.40. The van der Waals surface area contributed by atoms with Crippen LogP contribution in [-0.2, 0) is 13.3 Å². The number of hydrogen-bond donors (Lipinski definition) is 0. The van der Waals surface area contributed by atoms with Gasteiger partial charge in [-0.05, 0) is 13.3 Å². The lowest BCUT2D eigenvalue weighted by atomic mass is 10.4. The van der Waals surface area contributed by atoms with Crippen molar-refractivity contribution in [2.24, 2.45) is 0 Å². The lowest BCUT2D eigenvalue weighted by Gasteiger charge is -2.33. The number of halogens is 6. The molecule has 20 heavy (non-hydrogen) atoms. The Bertz CT molecular complexity index is 266. The van der Waals surface area contributed by atoms with Crippen LogP contribution in [0.4, 0.5) is 26.3 Å². The monoisotopic (exact) mass is 328 g/mol. The molecule has 0 aromatic rings. The summed E-state index contributed by atoms with van der Waals surface area (Å²) in [6, 6.07) is -0.233. The van der Waals surface area contributed by atoms with E-state index in [1.165, 1.54) is 6.92 Å². The minimum atomic E-state index is -5.88. The van der Waals surface area contributed by atoms with Crippen molar-refractivity contribution in [3.8, 4) is 0 Å². The molecule has 0 spiro atoms. The van der Waals surface area contributed by atoms with Crippen molar-refractivity contribution in [2.75, 3.05) is 19.9 Å². The van der Waals surface area contributed by atoms with Crippen molar-refractivity contribution >= 4 is 8.80 Å². The van der Waals surface area contributed by atoms with Crippen LogP contribution in [0.1, 0.15) is 26.7 Å². The predicted octanol–water partition coefficient (Wildman–Crippen LogP) is 3.92. The maximum Gasteiger partial charge on any atom is 0.505 e. The lowest BCUT2D eigenvalue weighted by molar-refractivity contribution is -0.373. The Hall–Kier alpha value is -0.323. The van der Waals surface area contributed by atoms with E-state index in [9.17, 15) is 26.3 Å². The van der Waals surface area contributed by atoms with Gasteiger partial charge in [0.15, 0.2) is 0 Å². The van der Waals surface area contributed by atoms with E-state index in [2.05, 4.69) is 4.43 Å². The van der Waals surface area contributed by atoms with E-state index in [4.69, 9.17) is 8.85 Å². The Balaban J connectivity index is 5.14. The average Bonchev–Trinajstić information content (AvgIpc) is 2.32. The number of hydrogen-bond acceptors (Lipinski definition) is 3. The first kappa shape index (κ1) is 19.7. The van der Waals surface area contributed by atoms with Crippen molar-refractivity contribution in [3.05, 3.63) is 0 Å². The predicted molar refractivity (Wildman–Crippen MR) is 61.1 cm³/mol. The summed E-state index contributed by atoms with van der Waals surface area (Å²) in [5.74, 6) is 0. The summed E-state index contributed by atoms with van der Waals surface area (Å²) in [6.45, 7) is 1.26. The molecule has 122 valence electrons. The SMILES string of the molecule is CCCC[Si](OCC)(OCCF)OC(F)(F)C(F)(F)F. The van der Waals surface area contributed by atoms with Gasteiger partial charge in [0.1, 0.15) is 6.67 Å². The molecular weight excluding hydrogens is 310 g/mol. The Morgan fingerprint density at radius 3 is 2.00 bits per heavy atom. The zero-order valence-corrected chi connectivity index (χ0v) is 12.2. The number of alkyl halides is 6. The molecule has 1 atom stereocenters. The molecule has 0 heterocycles. The van der Waals surface area contributed by atoms with E-state index in [1.807, 2.05) is 0 Å². The second kappa shape index (κ2) is 8.20. The lowest BCUT2D eigenvalue weighted by Crippen LogP contribution is -2.55. The summed E-state index contributed by atoms with van der Waals surface area (Å²) in [6.07, 6.45) is -10.5. The van der Waals surface area contributed by atoms with Crippen LogP contribution >= 0.6 is 0 Å². The third-order valence-electron chi connectivity index (χ3n) is 2.21. The highest BCUT2D eigenvalue weighted by Gasteiger charge is 2.64. The molecule has 0 aliphatic heterocycles. The van der Waals surface area contributed by atoms with Gasteiger partial charge in [-0.1, -0.05) is 13.3 Å². The normalized spacial score (nSPS) is 16.2. The maximum absolute atomic E-state index is 13.0. The molecule has 0 aromatic carbocycles. The minimum Gasteiger partial charge on any atom is -0.374 e. The molecule has 0 N–H and O–H groups in total. The third-order valence-corrected chi connectivity index (χ3v) is 5.12. The zero-order chi connectivity index (χ0) is 15.9. The van der Waals surface area contributed by atoms with Gasteiger partial charge in [0.05, 0.1) is 6.61 Å². The molecule has 0 rings (SSSR count). The first-order valence-electron chi connectivity index (χ1n) is 6.12. The maximum atomic E-state index is 13.0. The molecule has 0 aromatic heterocycles. The van der Waals surface area contributed by atoms with E-state index in [0.717, 1.165) is 0 Å². The molecule has 0 saturated heterocycles. The van der Waals surface area contributed by atoms with Crippen LogP contribution in [0, 0.1) is 0 Å². The quantitative estimate of drug-likeness (QED) is 0.449. The van der Waals surface area contributed by atoms with Crippen molar-refractivity contribution in [2.45, 2.75) is 45.0 Å². The Kier molecular flexibility index (Phi) is 8.07. The first-order valence-corrected chi connectivity index (χ1v) is 8.06. The topological polar surface area (TPSA) is 27.7 Å². The largest absolute Gasteiger partial charge is 0.505 e. The van der Waals surface area contributed by atoms with Gasteiger partial charge >= 0.3 is 21.1 Å². The standard InChI is InChI=1S/C10H18F6O3Si/c1-3-5-8-20(17-4-2,18-7-6-11)19-10(15,16)9(12,13)14/h3-8H2,1-2H3. The average molecular weight is 328 g/mol. The first-order chi connectivity index (χ1) is 9.14. The van der Waals surface area contributed by atoms with Crippen molar-refractivity contribution in [3.63, 3.8) is 0 Å². The van der Waals surface area contributed by atoms with Crippen LogP contribution in [0.3, 0.4) is 0 Å².